The highest BCUT2D eigenvalue weighted by Gasteiger charge is 2.15. The van der Waals surface area contributed by atoms with Gasteiger partial charge in [0.1, 0.15) is 0 Å². The molecule has 2 nitrogen and oxygen atoms in total. The number of hydrogen-bond acceptors (Lipinski definition) is 3. The predicted octanol–water partition coefficient (Wildman–Crippen LogP) is 4.05. The molecular weight excluding hydrogens is 264 g/mol. The molecule has 1 aliphatic rings. The van der Waals surface area contributed by atoms with E-state index < -0.39 is 0 Å². The lowest BCUT2D eigenvalue weighted by Gasteiger charge is -2.20. The van der Waals surface area contributed by atoms with Crippen LogP contribution in [0.15, 0.2) is 12.1 Å². The van der Waals surface area contributed by atoms with Gasteiger partial charge in [-0.25, -0.2) is 0 Å². The molecule has 0 bridgehead atoms. The average Bonchev–Trinajstić information content (AvgIpc) is 2.72. The Bertz CT molecular complexity index is 375. The van der Waals surface area contributed by atoms with Crippen molar-refractivity contribution in [1.29, 1.82) is 0 Å². The summed E-state index contributed by atoms with van der Waals surface area (Å²) in [6, 6.07) is 4.46. The maximum absolute atomic E-state index is 3.59. The molecular formula is C17H30N2S. The second-order valence-corrected chi connectivity index (χ2v) is 7.49. The van der Waals surface area contributed by atoms with Crippen LogP contribution in [0.3, 0.4) is 0 Å². The molecule has 0 aromatic carbocycles. The van der Waals surface area contributed by atoms with Gasteiger partial charge in [0.2, 0.25) is 0 Å². The van der Waals surface area contributed by atoms with Crippen LogP contribution >= 0.6 is 11.3 Å². The van der Waals surface area contributed by atoms with Gasteiger partial charge in [-0.05, 0) is 57.3 Å². The minimum Gasteiger partial charge on any atom is -0.311 e. The van der Waals surface area contributed by atoms with Gasteiger partial charge in [-0.15, -0.1) is 11.3 Å². The molecule has 0 spiro atoms. The molecule has 1 unspecified atom stereocenters. The Morgan fingerprint density at radius 3 is 2.95 bits per heavy atom. The molecule has 2 heterocycles. The average molecular weight is 295 g/mol. The zero-order chi connectivity index (χ0) is 14.2. The van der Waals surface area contributed by atoms with E-state index in [4.69, 9.17) is 0 Å². The van der Waals surface area contributed by atoms with Crippen LogP contribution in [0, 0.1) is 12.8 Å². The number of rotatable bonds is 7. The van der Waals surface area contributed by atoms with Crippen LogP contribution in [-0.2, 0) is 6.54 Å². The van der Waals surface area contributed by atoms with Crippen LogP contribution in [-0.4, -0.2) is 31.1 Å². The molecule has 1 fully saturated rings. The van der Waals surface area contributed by atoms with E-state index in [1.165, 1.54) is 61.5 Å². The molecule has 0 saturated carbocycles. The van der Waals surface area contributed by atoms with Crippen molar-refractivity contribution < 1.29 is 0 Å². The molecule has 0 aliphatic carbocycles. The Hall–Kier alpha value is -0.380. The Morgan fingerprint density at radius 1 is 1.30 bits per heavy atom. The summed E-state index contributed by atoms with van der Waals surface area (Å²) in [4.78, 5) is 5.53. The van der Waals surface area contributed by atoms with Crippen molar-refractivity contribution in [2.24, 2.45) is 5.92 Å². The molecule has 2 rings (SSSR count). The summed E-state index contributed by atoms with van der Waals surface area (Å²) >= 11 is 1.91. The van der Waals surface area contributed by atoms with Crippen LogP contribution in [0.2, 0.25) is 0 Å². The molecule has 3 heteroatoms. The summed E-state index contributed by atoms with van der Waals surface area (Å²) in [6.45, 7) is 10.5. The molecule has 1 aromatic heterocycles. The third-order valence-electron chi connectivity index (χ3n) is 4.34. The van der Waals surface area contributed by atoms with Crippen molar-refractivity contribution in [1.82, 2.24) is 10.2 Å². The molecule has 0 radical (unpaired) electrons. The Kier molecular flexibility index (Phi) is 7.05. The Morgan fingerprint density at radius 2 is 2.20 bits per heavy atom. The van der Waals surface area contributed by atoms with E-state index in [1.807, 2.05) is 11.3 Å². The number of nitrogens with zero attached hydrogens (tertiary/aromatic N) is 1. The normalized spacial score (nSPS) is 21.0. The van der Waals surface area contributed by atoms with E-state index in [2.05, 4.69) is 36.2 Å². The Balaban J connectivity index is 1.59. The fraction of sp³-hybridized carbons (Fsp3) is 0.765. The molecule has 1 aliphatic heterocycles. The van der Waals surface area contributed by atoms with Gasteiger partial charge in [-0.1, -0.05) is 19.8 Å². The van der Waals surface area contributed by atoms with Crippen molar-refractivity contribution >= 4 is 11.3 Å². The number of hydrogen-bond donors (Lipinski definition) is 1. The van der Waals surface area contributed by atoms with E-state index in [0.717, 1.165) is 19.0 Å². The van der Waals surface area contributed by atoms with Crippen molar-refractivity contribution in [2.75, 3.05) is 26.2 Å². The zero-order valence-electron chi connectivity index (χ0n) is 13.2. The summed E-state index contributed by atoms with van der Waals surface area (Å²) in [7, 11) is 0. The zero-order valence-corrected chi connectivity index (χ0v) is 14.0. The SMILES string of the molecule is CCCC1CCCN(CCNCc2ccc(C)s2)CC1. The van der Waals surface area contributed by atoms with Crippen molar-refractivity contribution in [3.05, 3.63) is 21.9 Å². The largest absolute Gasteiger partial charge is 0.311 e. The minimum absolute atomic E-state index is 0.993. The number of likely N-dealkylation sites (tertiary alicyclic amines) is 1. The van der Waals surface area contributed by atoms with Crippen molar-refractivity contribution in [3.8, 4) is 0 Å². The lowest BCUT2D eigenvalue weighted by Crippen LogP contribution is -2.32. The second kappa shape index (κ2) is 8.81. The number of nitrogens with one attached hydrogen (secondary N) is 1. The van der Waals surface area contributed by atoms with Gasteiger partial charge in [0, 0.05) is 29.4 Å². The predicted molar refractivity (Wildman–Crippen MR) is 89.5 cm³/mol. The first kappa shape index (κ1) is 16.0. The van der Waals surface area contributed by atoms with Gasteiger partial charge in [-0.3, -0.25) is 0 Å². The first-order valence-electron chi connectivity index (χ1n) is 8.26. The monoisotopic (exact) mass is 294 g/mol. The smallest absolute Gasteiger partial charge is 0.0300 e. The number of thiophene rings is 1. The highest BCUT2D eigenvalue weighted by atomic mass is 32.1. The summed E-state index contributed by atoms with van der Waals surface area (Å²) < 4.78 is 0. The standard InChI is InChI=1S/C17H30N2S/c1-3-5-16-6-4-11-19(12-9-16)13-10-18-14-17-8-7-15(2)20-17/h7-8,16,18H,3-6,9-14H2,1-2H3. The van der Waals surface area contributed by atoms with Gasteiger partial charge >= 0.3 is 0 Å². The van der Waals surface area contributed by atoms with Gasteiger partial charge in [0.25, 0.3) is 0 Å². The van der Waals surface area contributed by atoms with E-state index >= 15 is 0 Å². The quantitative estimate of drug-likeness (QED) is 0.763. The van der Waals surface area contributed by atoms with Crippen LogP contribution in [0.5, 0.6) is 0 Å². The minimum atomic E-state index is 0.993. The highest BCUT2D eigenvalue weighted by molar-refractivity contribution is 7.11. The molecule has 1 N–H and O–H groups in total. The molecule has 1 atom stereocenters. The summed E-state index contributed by atoms with van der Waals surface area (Å²) in [5.41, 5.74) is 0. The molecule has 20 heavy (non-hydrogen) atoms. The van der Waals surface area contributed by atoms with Gasteiger partial charge in [0.05, 0.1) is 0 Å². The van der Waals surface area contributed by atoms with Gasteiger partial charge < -0.3 is 10.2 Å². The fourth-order valence-corrected chi connectivity index (χ4v) is 4.03. The molecule has 0 amide bonds. The van der Waals surface area contributed by atoms with Crippen LogP contribution in [0.25, 0.3) is 0 Å². The van der Waals surface area contributed by atoms with Crippen LogP contribution in [0.1, 0.15) is 48.8 Å². The van der Waals surface area contributed by atoms with Crippen molar-refractivity contribution in [2.45, 2.75) is 52.5 Å². The maximum atomic E-state index is 3.59. The van der Waals surface area contributed by atoms with Crippen molar-refractivity contribution in [3.63, 3.8) is 0 Å². The fourth-order valence-electron chi connectivity index (χ4n) is 3.17. The van der Waals surface area contributed by atoms with E-state index in [9.17, 15) is 0 Å². The first-order valence-corrected chi connectivity index (χ1v) is 9.08. The molecule has 1 aromatic rings. The second-order valence-electron chi connectivity index (χ2n) is 6.12. The van der Waals surface area contributed by atoms with E-state index in [0.29, 0.717) is 0 Å². The third-order valence-corrected chi connectivity index (χ3v) is 5.34. The topological polar surface area (TPSA) is 15.3 Å². The lowest BCUT2D eigenvalue weighted by atomic mass is 9.96. The van der Waals surface area contributed by atoms with Gasteiger partial charge in [0.15, 0.2) is 0 Å². The number of aryl methyl sites for hydroxylation is 1. The summed E-state index contributed by atoms with van der Waals surface area (Å²) in [6.07, 6.45) is 7.05. The van der Waals surface area contributed by atoms with Crippen LogP contribution < -0.4 is 5.32 Å². The van der Waals surface area contributed by atoms with Gasteiger partial charge in [-0.2, -0.15) is 0 Å². The van der Waals surface area contributed by atoms with E-state index in [1.54, 1.807) is 0 Å². The first-order chi connectivity index (χ1) is 9.78. The maximum Gasteiger partial charge on any atom is 0.0300 e. The molecule has 114 valence electrons. The summed E-state index contributed by atoms with van der Waals surface area (Å²) in [5.74, 6) is 0.993. The third kappa shape index (κ3) is 5.55. The summed E-state index contributed by atoms with van der Waals surface area (Å²) in [5, 5.41) is 3.59. The molecule has 1 saturated heterocycles. The highest BCUT2D eigenvalue weighted by Crippen LogP contribution is 2.21. The van der Waals surface area contributed by atoms with Crippen LogP contribution in [0.4, 0.5) is 0 Å². The Labute approximate surface area is 128 Å². The van der Waals surface area contributed by atoms with E-state index in [-0.39, 0.29) is 0 Å². The lowest BCUT2D eigenvalue weighted by molar-refractivity contribution is 0.278.